The zero-order chi connectivity index (χ0) is 19.7. The molecule has 0 unspecified atom stereocenters. The second-order valence-corrected chi connectivity index (χ2v) is 6.33. The molecule has 0 spiro atoms. The minimum Gasteiger partial charge on any atom is -0.461 e. The van der Waals surface area contributed by atoms with Gasteiger partial charge in [-0.25, -0.2) is 18.8 Å². The average molecular weight is 372 g/mol. The minimum absolute atomic E-state index is 0.227. The Morgan fingerprint density at radius 3 is 2.54 bits per heavy atom. The lowest BCUT2D eigenvalue weighted by Gasteiger charge is -2.34. The number of nitrogens with one attached hydrogen (secondary N) is 1. The Labute approximate surface area is 148 Å². The molecular formula is C16H21FN2O7. The molecule has 0 aliphatic carbocycles. The number of ether oxygens (including phenoxy) is 3. The molecular weight excluding hydrogens is 351 g/mol. The Bertz CT molecular complexity index is 813. The summed E-state index contributed by atoms with van der Waals surface area (Å²) < 4.78 is 30.4. The first-order chi connectivity index (χ1) is 12.1. The Balaban J connectivity index is 2.58. The summed E-state index contributed by atoms with van der Waals surface area (Å²) in [6.07, 6.45) is 0.128. The summed E-state index contributed by atoms with van der Waals surface area (Å²) in [4.78, 5) is 49.0. The van der Waals surface area contributed by atoms with Crippen molar-refractivity contribution in [3.05, 3.63) is 33.1 Å². The fourth-order valence-electron chi connectivity index (χ4n) is 3.22. The third kappa shape index (κ3) is 3.05. The van der Waals surface area contributed by atoms with Crippen LogP contribution in [-0.4, -0.2) is 46.5 Å². The summed E-state index contributed by atoms with van der Waals surface area (Å²) in [5, 5.41) is 0. The Hall–Kier alpha value is -2.49. The van der Waals surface area contributed by atoms with E-state index in [1.807, 2.05) is 0 Å². The molecule has 1 aromatic heterocycles. The summed E-state index contributed by atoms with van der Waals surface area (Å²) in [6, 6.07) is 1.08. The van der Waals surface area contributed by atoms with Gasteiger partial charge in [0.2, 0.25) is 0 Å². The van der Waals surface area contributed by atoms with Crippen LogP contribution >= 0.6 is 0 Å². The van der Waals surface area contributed by atoms with Crippen LogP contribution in [0.25, 0.3) is 0 Å². The van der Waals surface area contributed by atoms with Crippen LogP contribution in [0, 0.1) is 5.92 Å². The largest absolute Gasteiger partial charge is 0.461 e. The van der Waals surface area contributed by atoms with Crippen molar-refractivity contribution in [3.8, 4) is 0 Å². The van der Waals surface area contributed by atoms with Gasteiger partial charge in [0.1, 0.15) is 12.3 Å². The van der Waals surface area contributed by atoms with Crippen LogP contribution in [0.15, 0.2) is 21.9 Å². The molecule has 10 heteroatoms. The van der Waals surface area contributed by atoms with Gasteiger partial charge in [0, 0.05) is 18.2 Å². The van der Waals surface area contributed by atoms with Crippen molar-refractivity contribution >= 4 is 11.9 Å². The van der Waals surface area contributed by atoms with Crippen molar-refractivity contribution in [1.82, 2.24) is 9.55 Å². The monoisotopic (exact) mass is 372 g/mol. The van der Waals surface area contributed by atoms with Crippen LogP contribution in [0.4, 0.5) is 4.39 Å². The standard InChI is InChI=1S/C16H21FN2O7/c1-5-16(8-17)9(2)15(3,25-12(22)11(21)24-4)13(26-16)19-7-6-10(20)18-14(19)23/h6-7,9,13H,5,8H2,1-4H3,(H,18,20,23)/t9-,13+,15+,16-/m0/s1. The van der Waals surface area contributed by atoms with Gasteiger partial charge in [-0.05, 0) is 13.3 Å². The third-order valence-electron chi connectivity index (χ3n) is 5.08. The topological polar surface area (TPSA) is 117 Å². The van der Waals surface area contributed by atoms with E-state index < -0.39 is 53.2 Å². The highest BCUT2D eigenvalue weighted by Crippen LogP contribution is 2.51. The van der Waals surface area contributed by atoms with Gasteiger partial charge < -0.3 is 14.2 Å². The van der Waals surface area contributed by atoms with Gasteiger partial charge in [-0.15, -0.1) is 0 Å². The van der Waals surface area contributed by atoms with E-state index in [4.69, 9.17) is 9.47 Å². The first-order valence-electron chi connectivity index (χ1n) is 8.01. The average Bonchev–Trinajstić information content (AvgIpc) is 2.83. The third-order valence-corrected chi connectivity index (χ3v) is 5.08. The second kappa shape index (κ2) is 7.02. The molecule has 0 bridgehead atoms. The second-order valence-electron chi connectivity index (χ2n) is 6.33. The maximum Gasteiger partial charge on any atom is 0.418 e. The summed E-state index contributed by atoms with van der Waals surface area (Å²) in [7, 11) is 1.02. The van der Waals surface area contributed by atoms with Crippen LogP contribution in [-0.2, 0) is 23.8 Å². The molecule has 0 saturated carbocycles. The number of esters is 2. The predicted octanol–water partition coefficient (Wildman–Crippen LogP) is 0.295. The lowest BCUT2D eigenvalue weighted by Crippen LogP contribution is -2.49. The minimum atomic E-state index is -1.57. The molecule has 26 heavy (non-hydrogen) atoms. The molecule has 1 aromatic rings. The number of carbonyl (C=O) groups excluding carboxylic acids is 2. The van der Waals surface area contributed by atoms with Gasteiger partial charge in [0.05, 0.1) is 7.11 Å². The molecule has 0 aromatic carbocycles. The van der Waals surface area contributed by atoms with Gasteiger partial charge in [-0.1, -0.05) is 13.8 Å². The van der Waals surface area contributed by atoms with E-state index in [-0.39, 0.29) is 6.42 Å². The Morgan fingerprint density at radius 2 is 2.04 bits per heavy atom. The quantitative estimate of drug-likeness (QED) is 0.596. The van der Waals surface area contributed by atoms with Gasteiger partial charge in [0.15, 0.2) is 11.8 Å². The number of aromatic amines is 1. The van der Waals surface area contributed by atoms with Gasteiger partial charge in [-0.3, -0.25) is 14.3 Å². The Kier molecular flexibility index (Phi) is 5.36. The van der Waals surface area contributed by atoms with Crippen molar-refractivity contribution in [2.45, 2.75) is 44.6 Å². The van der Waals surface area contributed by atoms with Crippen LogP contribution < -0.4 is 11.2 Å². The number of nitrogens with zero attached hydrogens (tertiary/aromatic N) is 1. The highest BCUT2D eigenvalue weighted by molar-refractivity contribution is 6.29. The molecule has 9 nitrogen and oxygen atoms in total. The molecule has 1 saturated heterocycles. The van der Waals surface area contributed by atoms with Crippen molar-refractivity contribution < 1.29 is 28.2 Å². The zero-order valence-electron chi connectivity index (χ0n) is 14.9. The number of hydrogen-bond donors (Lipinski definition) is 1. The van der Waals surface area contributed by atoms with E-state index in [0.717, 1.165) is 23.9 Å². The fraction of sp³-hybridized carbons (Fsp3) is 0.625. The summed E-state index contributed by atoms with van der Waals surface area (Å²) >= 11 is 0. The van der Waals surface area contributed by atoms with Gasteiger partial charge in [0.25, 0.3) is 5.56 Å². The normalized spacial score (nSPS) is 30.8. The number of carbonyl (C=O) groups is 2. The lowest BCUT2D eigenvalue weighted by molar-refractivity contribution is -0.186. The van der Waals surface area contributed by atoms with E-state index in [1.54, 1.807) is 13.8 Å². The molecule has 0 radical (unpaired) electrons. The maximum atomic E-state index is 13.9. The van der Waals surface area contributed by atoms with Crippen LogP contribution in [0.3, 0.4) is 0 Å². The van der Waals surface area contributed by atoms with Crippen molar-refractivity contribution in [1.29, 1.82) is 0 Å². The summed E-state index contributed by atoms with van der Waals surface area (Å²) in [5.74, 6) is -3.25. The molecule has 4 atom stereocenters. The zero-order valence-corrected chi connectivity index (χ0v) is 14.9. The number of rotatable bonds is 4. The molecule has 1 aliphatic rings. The summed E-state index contributed by atoms with van der Waals surface area (Å²) in [6.45, 7) is 3.83. The molecule has 1 fully saturated rings. The number of H-pyrrole nitrogens is 1. The molecule has 1 aliphatic heterocycles. The predicted molar refractivity (Wildman–Crippen MR) is 86.1 cm³/mol. The number of hydrogen-bond acceptors (Lipinski definition) is 7. The van der Waals surface area contributed by atoms with Crippen molar-refractivity contribution in [2.75, 3.05) is 13.8 Å². The molecule has 2 heterocycles. The number of alkyl halides is 1. The molecule has 144 valence electrons. The number of aromatic nitrogens is 2. The summed E-state index contributed by atoms with van der Waals surface area (Å²) in [5.41, 5.74) is -4.36. The first-order valence-corrected chi connectivity index (χ1v) is 8.01. The maximum absolute atomic E-state index is 13.9. The number of methoxy groups -OCH3 is 1. The fourth-order valence-corrected chi connectivity index (χ4v) is 3.22. The molecule has 2 rings (SSSR count). The van der Waals surface area contributed by atoms with Gasteiger partial charge in [-0.2, -0.15) is 0 Å². The highest BCUT2D eigenvalue weighted by Gasteiger charge is 2.62. The first kappa shape index (κ1) is 19.8. The lowest BCUT2D eigenvalue weighted by atomic mass is 9.78. The van der Waals surface area contributed by atoms with Crippen LogP contribution in [0.5, 0.6) is 0 Å². The molecule has 1 N–H and O–H groups in total. The molecule has 0 amide bonds. The van der Waals surface area contributed by atoms with E-state index in [0.29, 0.717) is 0 Å². The smallest absolute Gasteiger partial charge is 0.418 e. The number of halogens is 1. The van der Waals surface area contributed by atoms with Crippen molar-refractivity contribution in [3.63, 3.8) is 0 Å². The van der Waals surface area contributed by atoms with E-state index in [9.17, 15) is 23.6 Å². The van der Waals surface area contributed by atoms with Crippen molar-refractivity contribution in [2.24, 2.45) is 5.92 Å². The SMILES string of the molecule is CC[C@@]1(CF)O[C@@H](n2ccc(=O)[nH]c2=O)[C@](C)(OC(=O)C(=O)OC)[C@@H]1C. The van der Waals surface area contributed by atoms with Crippen LogP contribution in [0.1, 0.15) is 33.4 Å². The highest BCUT2D eigenvalue weighted by atomic mass is 19.1. The van der Waals surface area contributed by atoms with E-state index in [1.165, 1.54) is 6.92 Å². The van der Waals surface area contributed by atoms with E-state index >= 15 is 0 Å². The van der Waals surface area contributed by atoms with Gasteiger partial charge >= 0.3 is 17.6 Å². The van der Waals surface area contributed by atoms with Crippen LogP contribution in [0.2, 0.25) is 0 Å². The van der Waals surface area contributed by atoms with E-state index in [2.05, 4.69) is 9.72 Å². The Morgan fingerprint density at radius 1 is 1.38 bits per heavy atom.